The van der Waals surface area contributed by atoms with Crippen molar-refractivity contribution in [2.75, 3.05) is 36.6 Å². The molecule has 0 radical (unpaired) electrons. The number of hydrogen-bond donors (Lipinski definition) is 0. The molecule has 2 aromatic carbocycles. The zero-order valence-electron chi connectivity index (χ0n) is 16.6. The first-order valence-electron chi connectivity index (χ1n) is 10.1. The summed E-state index contributed by atoms with van der Waals surface area (Å²) in [5.74, 6) is -0.828. The van der Waals surface area contributed by atoms with Crippen molar-refractivity contribution < 1.29 is 9.59 Å². The van der Waals surface area contributed by atoms with Gasteiger partial charge in [-0.2, -0.15) is 0 Å². The van der Waals surface area contributed by atoms with Gasteiger partial charge in [0.05, 0.1) is 17.9 Å². The molecule has 0 atom stereocenters. The molecule has 28 heavy (non-hydrogen) atoms. The number of carbonyl (C=O) groups is 2. The molecule has 0 spiro atoms. The molecule has 2 aliphatic rings. The Morgan fingerprint density at radius 1 is 0.964 bits per heavy atom. The summed E-state index contributed by atoms with van der Waals surface area (Å²) >= 11 is 0. The molecule has 2 aromatic rings. The van der Waals surface area contributed by atoms with E-state index in [1.807, 2.05) is 25.2 Å². The lowest BCUT2D eigenvalue weighted by Crippen LogP contribution is -2.39. The fraction of sp³-hybridized carbons (Fsp3) is 0.391. The summed E-state index contributed by atoms with van der Waals surface area (Å²) in [6, 6.07) is 14.3. The van der Waals surface area contributed by atoms with E-state index >= 15 is 0 Å². The molecule has 0 unspecified atom stereocenters. The molecule has 0 saturated carbocycles. The van der Waals surface area contributed by atoms with Crippen LogP contribution in [0.3, 0.4) is 0 Å². The fourth-order valence-corrected chi connectivity index (χ4v) is 4.08. The zero-order chi connectivity index (χ0) is 19.7. The maximum absolute atomic E-state index is 12.6. The minimum Gasteiger partial charge on any atom is -0.371 e. The summed E-state index contributed by atoms with van der Waals surface area (Å²) in [6.07, 6.45) is 3.41. The van der Waals surface area contributed by atoms with Crippen molar-refractivity contribution in [3.05, 3.63) is 59.2 Å². The molecular formula is C23H27N3O2. The number of anilines is 2. The maximum Gasteiger partial charge on any atom is 0.300 e. The minimum atomic E-state index is -0.429. The van der Waals surface area contributed by atoms with E-state index in [-0.39, 0.29) is 0 Å². The molecule has 1 amide bonds. The van der Waals surface area contributed by atoms with Gasteiger partial charge in [-0.3, -0.25) is 19.4 Å². The monoisotopic (exact) mass is 377 g/mol. The largest absolute Gasteiger partial charge is 0.371 e. The van der Waals surface area contributed by atoms with Crippen LogP contribution in [0.1, 0.15) is 41.3 Å². The van der Waals surface area contributed by atoms with Gasteiger partial charge in [-0.05, 0) is 55.6 Å². The lowest BCUT2D eigenvalue weighted by Gasteiger charge is -2.26. The van der Waals surface area contributed by atoms with E-state index in [2.05, 4.69) is 41.0 Å². The van der Waals surface area contributed by atoms with Crippen LogP contribution in [0.2, 0.25) is 0 Å². The molecule has 5 nitrogen and oxygen atoms in total. The van der Waals surface area contributed by atoms with E-state index in [9.17, 15) is 9.59 Å². The highest BCUT2D eigenvalue weighted by atomic mass is 16.2. The van der Waals surface area contributed by atoms with Crippen molar-refractivity contribution in [1.82, 2.24) is 4.90 Å². The SMILES string of the molecule is CCc1ccc(CN(C)CN2C(=O)C(=O)c3ccc(N4CCCC4)cc32)cc1. The fourth-order valence-electron chi connectivity index (χ4n) is 4.08. The zero-order valence-corrected chi connectivity index (χ0v) is 16.6. The second-order valence-corrected chi connectivity index (χ2v) is 7.78. The molecule has 1 saturated heterocycles. The third kappa shape index (κ3) is 3.54. The van der Waals surface area contributed by atoms with Gasteiger partial charge in [-0.15, -0.1) is 0 Å². The van der Waals surface area contributed by atoms with Gasteiger partial charge in [0.25, 0.3) is 5.78 Å². The molecule has 0 aromatic heterocycles. The molecular weight excluding hydrogens is 350 g/mol. The Labute approximate surface area is 166 Å². The van der Waals surface area contributed by atoms with Crippen LogP contribution in [-0.4, -0.2) is 43.4 Å². The minimum absolute atomic E-state index is 0.399. The van der Waals surface area contributed by atoms with Gasteiger partial charge in [0.15, 0.2) is 0 Å². The van der Waals surface area contributed by atoms with Crippen LogP contribution >= 0.6 is 0 Å². The quantitative estimate of drug-likeness (QED) is 0.723. The first-order valence-corrected chi connectivity index (χ1v) is 10.1. The average Bonchev–Trinajstić information content (AvgIpc) is 3.32. The number of amides is 1. The second kappa shape index (κ2) is 7.76. The number of ketones is 1. The van der Waals surface area contributed by atoms with Gasteiger partial charge in [-0.1, -0.05) is 31.2 Å². The van der Waals surface area contributed by atoms with E-state index in [1.54, 1.807) is 4.90 Å². The topological polar surface area (TPSA) is 43.9 Å². The smallest absolute Gasteiger partial charge is 0.300 e. The van der Waals surface area contributed by atoms with E-state index in [1.165, 1.54) is 24.0 Å². The van der Waals surface area contributed by atoms with Crippen molar-refractivity contribution in [3.63, 3.8) is 0 Å². The Morgan fingerprint density at radius 2 is 1.64 bits per heavy atom. The standard InChI is InChI=1S/C23H27N3O2/c1-3-17-6-8-18(9-7-17)15-24(2)16-26-21-14-19(25-12-4-5-13-25)10-11-20(21)22(27)23(26)28/h6-11,14H,3-5,12-13,15-16H2,1-2H3. The highest BCUT2D eigenvalue weighted by Crippen LogP contribution is 2.34. The van der Waals surface area contributed by atoms with E-state index < -0.39 is 11.7 Å². The molecule has 2 aliphatic heterocycles. The Balaban J connectivity index is 1.51. The molecule has 4 rings (SSSR count). The Morgan fingerprint density at radius 3 is 2.32 bits per heavy atom. The predicted molar refractivity (Wildman–Crippen MR) is 112 cm³/mol. The summed E-state index contributed by atoms with van der Waals surface area (Å²) in [6.45, 7) is 5.34. The van der Waals surface area contributed by atoms with Gasteiger partial charge in [-0.25, -0.2) is 0 Å². The predicted octanol–water partition coefficient (Wildman–Crippen LogP) is 3.47. The van der Waals surface area contributed by atoms with Crippen LogP contribution in [0.15, 0.2) is 42.5 Å². The van der Waals surface area contributed by atoms with Crippen LogP contribution in [0.4, 0.5) is 11.4 Å². The third-order valence-electron chi connectivity index (χ3n) is 5.69. The van der Waals surface area contributed by atoms with Crippen molar-refractivity contribution >= 4 is 23.1 Å². The van der Waals surface area contributed by atoms with Gasteiger partial charge >= 0.3 is 5.91 Å². The summed E-state index contributed by atoms with van der Waals surface area (Å²) < 4.78 is 0. The molecule has 5 heteroatoms. The summed E-state index contributed by atoms with van der Waals surface area (Å²) in [7, 11) is 1.98. The number of benzene rings is 2. The average molecular weight is 377 g/mol. The number of carbonyl (C=O) groups excluding carboxylic acids is 2. The van der Waals surface area contributed by atoms with E-state index in [0.717, 1.165) is 37.4 Å². The number of nitrogens with zero attached hydrogens (tertiary/aromatic N) is 3. The normalized spacial score (nSPS) is 16.4. The molecule has 1 fully saturated rings. The van der Waals surface area contributed by atoms with Crippen molar-refractivity contribution in [3.8, 4) is 0 Å². The van der Waals surface area contributed by atoms with Gasteiger partial charge in [0.1, 0.15) is 0 Å². The summed E-state index contributed by atoms with van der Waals surface area (Å²) in [5.41, 5.74) is 4.88. The van der Waals surface area contributed by atoms with E-state index in [0.29, 0.717) is 12.2 Å². The van der Waals surface area contributed by atoms with Crippen LogP contribution in [-0.2, 0) is 17.8 Å². The Hall–Kier alpha value is -2.66. The number of aryl methyl sites for hydroxylation is 1. The number of fused-ring (bicyclic) bond motifs is 1. The summed E-state index contributed by atoms with van der Waals surface area (Å²) in [5, 5.41) is 0. The third-order valence-corrected chi connectivity index (χ3v) is 5.69. The number of rotatable bonds is 6. The lowest BCUT2D eigenvalue weighted by atomic mass is 10.1. The summed E-state index contributed by atoms with van der Waals surface area (Å²) in [4.78, 5) is 31.0. The van der Waals surface area contributed by atoms with Gasteiger partial charge in [0, 0.05) is 25.3 Å². The molecule has 2 heterocycles. The maximum atomic E-state index is 12.6. The van der Waals surface area contributed by atoms with Crippen LogP contribution < -0.4 is 9.80 Å². The highest BCUT2D eigenvalue weighted by Gasteiger charge is 2.36. The molecule has 0 N–H and O–H groups in total. The van der Waals surface area contributed by atoms with Gasteiger partial charge < -0.3 is 4.90 Å². The lowest BCUT2D eigenvalue weighted by molar-refractivity contribution is -0.114. The van der Waals surface area contributed by atoms with Crippen molar-refractivity contribution in [1.29, 1.82) is 0 Å². The number of Topliss-reactive ketones (excluding diaryl/α,β-unsaturated/α-hetero) is 1. The van der Waals surface area contributed by atoms with Crippen molar-refractivity contribution in [2.45, 2.75) is 32.7 Å². The molecule has 0 bridgehead atoms. The Kier molecular flexibility index (Phi) is 5.18. The number of hydrogen-bond acceptors (Lipinski definition) is 4. The van der Waals surface area contributed by atoms with E-state index in [4.69, 9.17) is 0 Å². The Bertz CT molecular complexity index is 885. The van der Waals surface area contributed by atoms with Crippen molar-refractivity contribution in [2.24, 2.45) is 0 Å². The second-order valence-electron chi connectivity index (χ2n) is 7.78. The van der Waals surface area contributed by atoms with Crippen LogP contribution in [0, 0.1) is 0 Å². The highest BCUT2D eigenvalue weighted by molar-refractivity contribution is 6.52. The van der Waals surface area contributed by atoms with Gasteiger partial charge in [0.2, 0.25) is 0 Å². The first-order chi connectivity index (χ1) is 13.6. The molecule has 0 aliphatic carbocycles. The first kappa shape index (κ1) is 18.7. The van der Waals surface area contributed by atoms with Crippen LogP contribution in [0.5, 0.6) is 0 Å². The van der Waals surface area contributed by atoms with Crippen LogP contribution in [0.25, 0.3) is 0 Å². The molecule has 146 valence electrons.